The van der Waals surface area contributed by atoms with Crippen molar-refractivity contribution in [3.05, 3.63) is 59.5 Å². The van der Waals surface area contributed by atoms with Gasteiger partial charge in [-0.25, -0.2) is 9.37 Å². The molecule has 0 bridgehead atoms. The number of nitrogens with one attached hydrogen (secondary N) is 1. The Morgan fingerprint density at radius 3 is 2.34 bits per heavy atom. The van der Waals surface area contributed by atoms with Gasteiger partial charge in [0.25, 0.3) is 0 Å². The maximum atomic E-state index is 13.3. The first-order valence-corrected chi connectivity index (χ1v) is 8.98. The smallest absolute Gasteiger partial charge is 0.434 e. The van der Waals surface area contributed by atoms with Gasteiger partial charge < -0.3 is 9.47 Å². The van der Waals surface area contributed by atoms with E-state index in [2.05, 4.69) is 15.5 Å². The molecule has 0 aliphatic rings. The minimum absolute atomic E-state index is 0.0478. The maximum absolute atomic E-state index is 13.3. The van der Waals surface area contributed by atoms with E-state index in [-0.39, 0.29) is 15.6 Å². The molecule has 0 saturated carbocycles. The number of nitrogens with zero attached hydrogens (tertiary/aromatic N) is 2. The number of anilines is 1. The average molecular weight is 425 g/mol. The number of thiazole rings is 1. The van der Waals surface area contributed by atoms with Gasteiger partial charge in [-0.3, -0.25) is 5.43 Å². The van der Waals surface area contributed by atoms with Gasteiger partial charge in [0.05, 0.1) is 25.3 Å². The molecule has 1 heterocycles. The van der Waals surface area contributed by atoms with Crippen LogP contribution >= 0.6 is 11.3 Å². The van der Waals surface area contributed by atoms with Gasteiger partial charge in [-0.15, -0.1) is 0 Å². The Labute approximate surface area is 167 Å². The van der Waals surface area contributed by atoms with E-state index in [0.29, 0.717) is 17.1 Å². The number of ether oxygens (including phenoxy) is 2. The highest BCUT2D eigenvalue weighted by Gasteiger charge is 2.38. The van der Waals surface area contributed by atoms with E-state index < -0.39 is 17.7 Å². The van der Waals surface area contributed by atoms with E-state index >= 15 is 0 Å². The van der Waals surface area contributed by atoms with E-state index in [1.165, 1.54) is 32.6 Å². The van der Waals surface area contributed by atoms with Crippen molar-refractivity contribution in [2.24, 2.45) is 5.10 Å². The molecule has 10 heteroatoms. The normalized spacial score (nSPS) is 11.7. The van der Waals surface area contributed by atoms with Crippen molar-refractivity contribution in [1.29, 1.82) is 0 Å². The second-order valence-corrected chi connectivity index (χ2v) is 6.68. The third-order valence-electron chi connectivity index (χ3n) is 3.78. The number of alkyl halides is 3. The molecule has 2 aromatic carbocycles. The fourth-order valence-corrected chi connectivity index (χ4v) is 3.39. The van der Waals surface area contributed by atoms with Gasteiger partial charge in [0, 0.05) is 0 Å². The molecular weight excluding hydrogens is 410 g/mol. The lowest BCUT2D eigenvalue weighted by atomic mass is 10.1. The largest absolute Gasteiger partial charge is 0.493 e. The molecule has 0 saturated heterocycles. The molecule has 1 N–H and O–H groups in total. The molecule has 0 unspecified atom stereocenters. The lowest BCUT2D eigenvalue weighted by Gasteiger charge is -2.07. The topological polar surface area (TPSA) is 55.7 Å². The zero-order valence-corrected chi connectivity index (χ0v) is 16.1. The van der Waals surface area contributed by atoms with E-state index in [1.807, 2.05) is 0 Å². The molecule has 0 fully saturated rings. The Kier molecular flexibility index (Phi) is 6.02. The number of benzene rings is 2. The van der Waals surface area contributed by atoms with Crippen LogP contribution < -0.4 is 14.9 Å². The lowest BCUT2D eigenvalue weighted by molar-refractivity contribution is -0.140. The third kappa shape index (κ3) is 4.83. The molecule has 0 radical (unpaired) electrons. The fraction of sp³-hybridized carbons (Fsp3) is 0.158. The van der Waals surface area contributed by atoms with Crippen LogP contribution in [0.15, 0.2) is 47.6 Å². The van der Waals surface area contributed by atoms with Gasteiger partial charge in [0.2, 0.25) is 5.13 Å². The van der Waals surface area contributed by atoms with Crippen molar-refractivity contribution < 1.29 is 27.0 Å². The number of halogens is 4. The van der Waals surface area contributed by atoms with Crippen LogP contribution in [0.4, 0.5) is 22.7 Å². The quantitative estimate of drug-likeness (QED) is 0.325. The first kappa shape index (κ1) is 20.6. The van der Waals surface area contributed by atoms with Crippen LogP contribution in [0, 0.1) is 5.82 Å². The summed E-state index contributed by atoms with van der Waals surface area (Å²) in [6.45, 7) is 0. The van der Waals surface area contributed by atoms with Crippen molar-refractivity contribution in [3.8, 4) is 21.9 Å². The van der Waals surface area contributed by atoms with Crippen molar-refractivity contribution in [3.63, 3.8) is 0 Å². The van der Waals surface area contributed by atoms with Crippen molar-refractivity contribution >= 4 is 22.7 Å². The highest BCUT2D eigenvalue weighted by atomic mass is 32.1. The molecule has 5 nitrogen and oxygen atoms in total. The molecule has 0 spiro atoms. The van der Waals surface area contributed by atoms with E-state index in [9.17, 15) is 17.6 Å². The first-order valence-electron chi connectivity index (χ1n) is 8.17. The van der Waals surface area contributed by atoms with Crippen LogP contribution in [-0.2, 0) is 6.18 Å². The lowest BCUT2D eigenvalue weighted by Crippen LogP contribution is -2.07. The zero-order valence-electron chi connectivity index (χ0n) is 15.2. The van der Waals surface area contributed by atoms with Crippen LogP contribution in [-0.4, -0.2) is 25.4 Å². The summed E-state index contributed by atoms with van der Waals surface area (Å²) in [7, 11) is 2.99. The Bertz CT molecular complexity index is 1020. The summed E-state index contributed by atoms with van der Waals surface area (Å²) in [6, 6.07) is 9.78. The van der Waals surface area contributed by atoms with Crippen molar-refractivity contribution in [2.75, 3.05) is 19.6 Å². The van der Waals surface area contributed by atoms with Crippen molar-refractivity contribution in [2.45, 2.75) is 6.18 Å². The molecule has 0 aliphatic heterocycles. The summed E-state index contributed by atoms with van der Waals surface area (Å²) >= 11 is 0.771. The summed E-state index contributed by atoms with van der Waals surface area (Å²) in [5.41, 5.74) is 2.30. The number of hydrogen-bond donors (Lipinski definition) is 1. The predicted octanol–water partition coefficient (Wildman–Crippen LogP) is 5.43. The van der Waals surface area contributed by atoms with E-state index in [1.54, 1.807) is 18.2 Å². The summed E-state index contributed by atoms with van der Waals surface area (Å²) in [4.78, 5) is 3.48. The third-order valence-corrected chi connectivity index (χ3v) is 4.79. The number of rotatable bonds is 6. The highest BCUT2D eigenvalue weighted by molar-refractivity contribution is 7.19. The Morgan fingerprint density at radius 1 is 1.03 bits per heavy atom. The zero-order chi connectivity index (χ0) is 21.0. The first-order chi connectivity index (χ1) is 13.8. The fourth-order valence-electron chi connectivity index (χ4n) is 2.45. The number of hydrazone groups is 1. The summed E-state index contributed by atoms with van der Waals surface area (Å²) in [5, 5.41) is 3.89. The van der Waals surface area contributed by atoms with Crippen molar-refractivity contribution in [1.82, 2.24) is 4.98 Å². The predicted molar refractivity (Wildman–Crippen MR) is 103 cm³/mol. The standard InChI is InChI=1S/C19H15F4N3O2S/c1-27-14-8-3-11(9-15(14)28-2)10-24-26-18-25-17(19(21,22)23)16(29-18)12-4-6-13(20)7-5-12/h3-10H,1-2H3,(H,25,26)/b24-10+. The minimum atomic E-state index is -4.66. The molecule has 1 aromatic heterocycles. The number of aromatic nitrogens is 1. The van der Waals surface area contributed by atoms with Crippen LogP contribution in [0.25, 0.3) is 10.4 Å². The van der Waals surface area contributed by atoms with Gasteiger partial charge in [-0.1, -0.05) is 23.5 Å². The molecule has 3 aromatic rings. The molecule has 29 heavy (non-hydrogen) atoms. The van der Waals surface area contributed by atoms with Gasteiger partial charge in [-0.2, -0.15) is 18.3 Å². The molecule has 0 aliphatic carbocycles. The maximum Gasteiger partial charge on any atom is 0.434 e. The van der Waals surface area contributed by atoms with Gasteiger partial charge in [-0.05, 0) is 41.5 Å². The van der Waals surface area contributed by atoms with E-state index in [0.717, 1.165) is 23.5 Å². The van der Waals surface area contributed by atoms with Gasteiger partial charge in [0.1, 0.15) is 5.82 Å². The SMILES string of the molecule is COc1ccc(/C=N/Nc2nc(C(F)(F)F)c(-c3ccc(F)cc3)s2)cc1OC. The second kappa shape index (κ2) is 8.48. The van der Waals surface area contributed by atoms with Crippen LogP contribution in [0.5, 0.6) is 11.5 Å². The Hall–Kier alpha value is -3.14. The second-order valence-electron chi connectivity index (χ2n) is 5.69. The van der Waals surface area contributed by atoms with Crippen LogP contribution in [0.1, 0.15) is 11.3 Å². The average Bonchev–Trinajstić information content (AvgIpc) is 3.13. The molecule has 0 atom stereocenters. The highest BCUT2D eigenvalue weighted by Crippen LogP contribution is 2.42. The summed E-state index contributed by atoms with van der Waals surface area (Å²) in [5.74, 6) is 0.490. The number of methoxy groups -OCH3 is 2. The Morgan fingerprint density at radius 2 is 1.72 bits per heavy atom. The van der Waals surface area contributed by atoms with Gasteiger partial charge >= 0.3 is 6.18 Å². The number of hydrogen-bond acceptors (Lipinski definition) is 6. The summed E-state index contributed by atoms with van der Waals surface area (Å²) in [6.07, 6.45) is -3.25. The Balaban J connectivity index is 1.84. The van der Waals surface area contributed by atoms with Crippen LogP contribution in [0.3, 0.4) is 0 Å². The molecule has 152 valence electrons. The molecular formula is C19H15F4N3O2S. The summed E-state index contributed by atoms with van der Waals surface area (Å²) < 4.78 is 63.5. The monoisotopic (exact) mass is 425 g/mol. The van der Waals surface area contributed by atoms with Crippen LogP contribution in [0.2, 0.25) is 0 Å². The van der Waals surface area contributed by atoms with E-state index in [4.69, 9.17) is 9.47 Å². The minimum Gasteiger partial charge on any atom is -0.493 e. The molecule has 3 rings (SSSR count). The van der Waals surface area contributed by atoms with Gasteiger partial charge in [0.15, 0.2) is 17.2 Å². The molecule has 0 amide bonds.